The fraction of sp³-hybridized carbons (Fsp3) is 0.400. The van der Waals surface area contributed by atoms with Gasteiger partial charge < -0.3 is 9.88 Å². The van der Waals surface area contributed by atoms with Gasteiger partial charge in [-0.25, -0.2) is 4.98 Å². The smallest absolute Gasteiger partial charge is 0.263 e. The number of nitrogens with zero attached hydrogens (tertiary/aromatic N) is 2. The second-order valence-corrected chi connectivity index (χ2v) is 7.94. The summed E-state index contributed by atoms with van der Waals surface area (Å²) in [6.07, 6.45) is 9.88. The molecule has 130 valence electrons. The average molecular weight is 353 g/mol. The van der Waals surface area contributed by atoms with Crippen LogP contribution in [-0.4, -0.2) is 21.5 Å². The summed E-state index contributed by atoms with van der Waals surface area (Å²) >= 11 is 1.50. The number of aromatic nitrogens is 2. The van der Waals surface area contributed by atoms with Crippen LogP contribution >= 0.6 is 11.3 Å². The molecule has 0 aromatic carbocycles. The molecule has 5 heteroatoms. The fourth-order valence-corrected chi connectivity index (χ4v) is 5.00. The van der Waals surface area contributed by atoms with Gasteiger partial charge in [0.15, 0.2) is 0 Å². The Kier molecular flexibility index (Phi) is 4.34. The molecule has 1 aliphatic rings. The number of amides is 1. The van der Waals surface area contributed by atoms with Crippen LogP contribution in [0.5, 0.6) is 0 Å². The molecule has 1 fully saturated rings. The van der Waals surface area contributed by atoms with E-state index >= 15 is 0 Å². The summed E-state index contributed by atoms with van der Waals surface area (Å²) < 4.78 is 2.04. The molecule has 3 aromatic rings. The van der Waals surface area contributed by atoms with Crippen LogP contribution in [0.3, 0.4) is 0 Å². The number of carbonyl (C=O) groups excluding carboxylic acids is 1. The van der Waals surface area contributed by atoms with E-state index in [2.05, 4.69) is 23.3 Å². The summed E-state index contributed by atoms with van der Waals surface area (Å²) in [5, 5.41) is 4.35. The van der Waals surface area contributed by atoms with Gasteiger partial charge in [-0.1, -0.05) is 19.3 Å². The van der Waals surface area contributed by atoms with Crippen molar-refractivity contribution in [2.24, 2.45) is 0 Å². The van der Waals surface area contributed by atoms with E-state index in [-0.39, 0.29) is 5.91 Å². The van der Waals surface area contributed by atoms with E-state index in [1.807, 2.05) is 36.0 Å². The molecular weight excluding hydrogens is 330 g/mol. The molecule has 3 aromatic heterocycles. The van der Waals surface area contributed by atoms with Crippen molar-refractivity contribution in [3.05, 3.63) is 46.7 Å². The van der Waals surface area contributed by atoms with Crippen molar-refractivity contribution in [3.63, 3.8) is 0 Å². The molecule has 0 atom stereocenters. The lowest BCUT2D eigenvalue weighted by atomic mass is 9.95. The van der Waals surface area contributed by atoms with Gasteiger partial charge in [0.1, 0.15) is 9.71 Å². The van der Waals surface area contributed by atoms with Crippen LogP contribution in [0.1, 0.15) is 53.0 Å². The normalized spacial score (nSPS) is 15.6. The quantitative estimate of drug-likeness (QED) is 0.737. The number of hydrogen-bond acceptors (Lipinski definition) is 3. The van der Waals surface area contributed by atoms with Gasteiger partial charge in [-0.05, 0) is 50.5 Å². The van der Waals surface area contributed by atoms with E-state index in [1.165, 1.54) is 36.2 Å². The maximum absolute atomic E-state index is 13.1. The number of fused-ring (bicyclic) bond motifs is 1. The summed E-state index contributed by atoms with van der Waals surface area (Å²) in [5.74, 6) is 0.0376. The number of carbonyl (C=O) groups is 1. The first-order chi connectivity index (χ1) is 12.1. The Morgan fingerprint density at radius 3 is 2.64 bits per heavy atom. The zero-order valence-electron chi connectivity index (χ0n) is 14.7. The maximum Gasteiger partial charge on any atom is 0.263 e. The second-order valence-electron chi connectivity index (χ2n) is 6.94. The fourth-order valence-electron chi connectivity index (χ4n) is 3.80. The first-order valence-electron chi connectivity index (χ1n) is 8.98. The molecule has 4 nitrogen and oxygen atoms in total. The predicted octanol–water partition coefficient (Wildman–Crippen LogP) is 4.77. The highest BCUT2D eigenvalue weighted by molar-refractivity contribution is 7.21. The molecule has 4 rings (SSSR count). The van der Waals surface area contributed by atoms with E-state index in [9.17, 15) is 4.79 Å². The molecule has 1 aliphatic carbocycles. The Hall–Kier alpha value is -2.14. The van der Waals surface area contributed by atoms with Gasteiger partial charge in [0.05, 0.1) is 5.69 Å². The lowest BCUT2D eigenvalue weighted by molar-refractivity contribution is 0.0932. The van der Waals surface area contributed by atoms with E-state index < -0.39 is 0 Å². The van der Waals surface area contributed by atoms with Crippen LogP contribution < -0.4 is 5.32 Å². The number of nitrogens with one attached hydrogen (secondary N) is 1. The van der Waals surface area contributed by atoms with Gasteiger partial charge in [0.2, 0.25) is 0 Å². The van der Waals surface area contributed by atoms with Crippen LogP contribution in [0.2, 0.25) is 0 Å². The minimum absolute atomic E-state index is 0.0376. The molecule has 0 spiro atoms. The minimum atomic E-state index is 0.0376. The van der Waals surface area contributed by atoms with E-state index in [0.717, 1.165) is 39.3 Å². The monoisotopic (exact) mass is 353 g/mol. The molecule has 0 aliphatic heterocycles. The highest BCUT2D eigenvalue weighted by atomic mass is 32.1. The molecule has 25 heavy (non-hydrogen) atoms. The van der Waals surface area contributed by atoms with Crippen molar-refractivity contribution >= 4 is 27.5 Å². The molecule has 1 saturated carbocycles. The summed E-state index contributed by atoms with van der Waals surface area (Å²) in [5.41, 5.74) is 3.12. The van der Waals surface area contributed by atoms with Crippen molar-refractivity contribution in [3.8, 4) is 5.69 Å². The Labute approximate surface area is 151 Å². The van der Waals surface area contributed by atoms with Crippen LogP contribution in [0.25, 0.3) is 15.9 Å². The average Bonchev–Trinajstić information content (AvgIpc) is 3.22. The lowest BCUT2D eigenvalue weighted by Gasteiger charge is -2.22. The molecule has 0 bridgehead atoms. The molecule has 1 amide bonds. The molecule has 3 heterocycles. The molecule has 0 radical (unpaired) electrons. The minimum Gasteiger partial charge on any atom is -0.349 e. The topological polar surface area (TPSA) is 46.9 Å². The van der Waals surface area contributed by atoms with Gasteiger partial charge in [-0.2, -0.15) is 0 Å². The summed E-state index contributed by atoms with van der Waals surface area (Å²) in [7, 11) is 0. The maximum atomic E-state index is 13.1. The van der Waals surface area contributed by atoms with Crippen LogP contribution in [0.15, 0.2) is 30.6 Å². The molecule has 0 saturated heterocycles. The van der Waals surface area contributed by atoms with Crippen molar-refractivity contribution in [1.29, 1.82) is 0 Å². The Morgan fingerprint density at radius 1 is 1.20 bits per heavy atom. The number of pyridine rings is 1. The van der Waals surface area contributed by atoms with E-state index in [1.54, 1.807) is 0 Å². The van der Waals surface area contributed by atoms with Gasteiger partial charge in [-0.3, -0.25) is 4.79 Å². The van der Waals surface area contributed by atoms with Crippen molar-refractivity contribution in [2.75, 3.05) is 0 Å². The third kappa shape index (κ3) is 3.09. The highest BCUT2D eigenvalue weighted by Crippen LogP contribution is 2.36. The lowest BCUT2D eigenvalue weighted by Crippen LogP contribution is -2.36. The molecule has 1 N–H and O–H groups in total. The summed E-state index contributed by atoms with van der Waals surface area (Å²) in [4.78, 5) is 19.4. The largest absolute Gasteiger partial charge is 0.349 e. The zero-order chi connectivity index (χ0) is 17.4. The van der Waals surface area contributed by atoms with Crippen LogP contribution in [-0.2, 0) is 0 Å². The van der Waals surface area contributed by atoms with Crippen LogP contribution in [0, 0.1) is 13.8 Å². The van der Waals surface area contributed by atoms with E-state index in [0.29, 0.717) is 6.04 Å². The van der Waals surface area contributed by atoms with Crippen molar-refractivity contribution in [2.45, 2.75) is 52.0 Å². The van der Waals surface area contributed by atoms with Gasteiger partial charge in [-0.15, -0.1) is 11.3 Å². The Balaban J connectivity index is 1.81. The third-order valence-electron chi connectivity index (χ3n) is 4.97. The third-order valence-corrected chi connectivity index (χ3v) is 6.04. The number of thiophene rings is 1. The number of rotatable bonds is 3. The Bertz CT molecular complexity index is 905. The van der Waals surface area contributed by atoms with Crippen molar-refractivity contribution in [1.82, 2.24) is 14.9 Å². The number of hydrogen-bond donors (Lipinski definition) is 1. The zero-order valence-corrected chi connectivity index (χ0v) is 15.5. The first-order valence-corrected chi connectivity index (χ1v) is 9.80. The SMILES string of the molecule is Cc1cc(C)c2c(-n3cccc3)c(C(=O)NC3CCCCC3)sc2n1. The Morgan fingerprint density at radius 2 is 1.92 bits per heavy atom. The molecular formula is C20H23N3OS. The number of aryl methyl sites for hydroxylation is 2. The summed E-state index contributed by atoms with van der Waals surface area (Å²) in [6, 6.07) is 6.37. The highest BCUT2D eigenvalue weighted by Gasteiger charge is 2.24. The van der Waals surface area contributed by atoms with Gasteiger partial charge in [0, 0.05) is 29.5 Å². The molecule has 0 unspecified atom stereocenters. The van der Waals surface area contributed by atoms with Gasteiger partial charge in [0.25, 0.3) is 5.91 Å². The first kappa shape index (κ1) is 16.3. The van der Waals surface area contributed by atoms with Crippen LogP contribution in [0.4, 0.5) is 0 Å². The second kappa shape index (κ2) is 6.64. The standard InChI is InChI=1S/C20H23N3OS/c1-13-12-14(2)21-20-16(13)17(23-10-6-7-11-23)18(25-20)19(24)22-15-8-4-3-5-9-15/h6-7,10-12,15H,3-5,8-9H2,1-2H3,(H,22,24). The predicted molar refractivity (Wildman–Crippen MR) is 103 cm³/mol. The van der Waals surface area contributed by atoms with Crippen molar-refractivity contribution < 1.29 is 4.79 Å². The van der Waals surface area contributed by atoms with E-state index in [4.69, 9.17) is 0 Å². The summed E-state index contributed by atoms with van der Waals surface area (Å²) in [6.45, 7) is 4.10. The van der Waals surface area contributed by atoms with Gasteiger partial charge >= 0.3 is 0 Å².